The van der Waals surface area contributed by atoms with Crippen molar-refractivity contribution < 1.29 is 4.79 Å². The van der Waals surface area contributed by atoms with Gasteiger partial charge in [0.1, 0.15) is 0 Å². The third kappa shape index (κ3) is 3.99. The Bertz CT molecular complexity index is 692. The summed E-state index contributed by atoms with van der Waals surface area (Å²) in [6.45, 7) is 0.458. The first kappa shape index (κ1) is 17.2. The third-order valence-corrected chi connectivity index (χ3v) is 4.70. The Morgan fingerprint density at radius 1 is 1.05 bits per heavy atom. The highest BCUT2D eigenvalue weighted by molar-refractivity contribution is 6.52. The highest BCUT2D eigenvalue weighted by Crippen LogP contribution is 2.40. The fraction of sp³-hybridized carbons (Fsp3) is 0.133. The number of nitrogens with zero attached hydrogens (tertiary/aromatic N) is 1. The van der Waals surface area contributed by atoms with Crippen molar-refractivity contribution in [3.8, 4) is 0 Å². The number of hydrogen-bond donors (Lipinski definition) is 1. The second-order valence-corrected chi connectivity index (χ2v) is 6.16. The first-order valence-electron chi connectivity index (χ1n) is 6.29. The van der Waals surface area contributed by atoms with Gasteiger partial charge in [0.2, 0.25) is 0 Å². The molecule has 2 amide bonds. The molecule has 0 fully saturated rings. The molecule has 116 valence electrons. The Labute approximate surface area is 148 Å². The van der Waals surface area contributed by atoms with Crippen LogP contribution in [-0.2, 0) is 6.54 Å². The third-order valence-electron chi connectivity index (χ3n) is 2.95. The quantitative estimate of drug-likeness (QED) is 0.519. The lowest BCUT2D eigenvalue weighted by atomic mass is 10.2. The number of carbonyl (C=O) groups is 1. The van der Waals surface area contributed by atoms with Gasteiger partial charge in [0.15, 0.2) is 0 Å². The van der Waals surface area contributed by atoms with Gasteiger partial charge in [-0.2, -0.15) is 0 Å². The van der Waals surface area contributed by atoms with Gasteiger partial charge in [0, 0.05) is 13.6 Å². The lowest BCUT2D eigenvalue weighted by Crippen LogP contribution is -2.30. The van der Waals surface area contributed by atoms with Crippen molar-refractivity contribution in [2.75, 3.05) is 12.4 Å². The number of anilines is 1. The first-order chi connectivity index (χ1) is 10.4. The number of hydrogen-bond acceptors (Lipinski definition) is 1. The number of carbonyl (C=O) groups excluding carboxylic acids is 1. The maximum absolute atomic E-state index is 12.2. The fourth-order valence-corrected chi connectivity index (χ4v) is 2.65. The molecule has 0 aliphatic heterocycles. The van der Waals surface area contributed by atoms with Crippen LogP contribution < -0.4 is 5.32 Å². The summed E-state index contributed by atoms with van der Waals surface area (Å²) >= 11 is 23.9. The minimum absolute atomic E-state index is 0.108. The van der Waals surface area contributed by atoms with Gasteiger partial charge >= 0.3 is 6.03 Å². The fourth-order valence-electron chi connectivity index (χ4n) is 1.80. The van der Waals surface area contributed by atoms with Crippen molar-refractivity contribution in [2.24, 2.45) is 0 Å². The molecular weight excluding hydrogens is 366 g/mol. The van der Waals surface area contributed by atoms with Gasteiger partial charge < -0.3 is 10.2 Å². The van der Waals surface area contributed by atoms with Crippen LogP contribution >= 0.6 is 46.4 Å². The number of benzene rings is 2. The Hall–Kier alpha value is -1.13. The lowest BCUT2D eigenvalue weighted by molar-refractivity contribution is 0.220. The number of halogens is 4. The molecule has 0 aliphatic carbocycles. The van der Waals surface area contributed by atoms with Crippen molar-refractivity contribution in [1.29, 1.82) is 0 Å². The van der Waals surface area contributed by atoms with Crippen LogP contribution in [0.3, 0.4) is 0 Å². The largest absolute Gasteiger partial charge is 0.323 e. The summed E-state index contributed by atoms with van der Waals surface area (Å²) in [5, 5.41) is 3.30. The molecule has 0 aromatic heterocycles. The molecule has 3 nitrogen and oxygen atoms in total. The molecule has 0 radical (unpaired) electrons. The van der Waals surface area contributed by atoms with Crippen LogP contribution in [0.25, 0.3) is 0 Å². The zero-order valence-electron chi connectivity index (χ0n) is 11.5. The minimum atomic E-state index is -0.333. The highest BCUT2D eigenvalue weighted by Gasteiger charge is 2.16. The lowest BCUT2D eigenvalue weighted by Gasteiger charge is -2.19. The molecule has 7 heteroatoms. The van der Waals surface area contributed by atoms with E-state index in [4.69, 9.17) is 46.4 Å². The predicted molar refractivity (Wildman–Crippen MR) is 93.4 cm³/mol. The summed E-state index contributed by atoms with van der Waals surface area (Å²) in [6.07, 6.45) is 0. The topological polar surface area (TPSA) is 32.3 Å². The van der Waals surface area contributed by atoms with Crippen LogP contribution in [0, 0.1) is 0 Å². The summed E-state index contributed by atoms with van der Waals surface area (Å²) in [4.78, 5) is 13.7. The molecule has 0 saturated heterocycles. The van der Waals surface area contributed by atoms with Gasteiger partial charge in [-0.1, -0.05) is 76.7 Å². The standard InChI is InChI=1S/C15H12Cl4N2O/c1-21(8-9-5-3-2-4-6-9)15(22)20-11-7-10(16)12(17)14(19)13(11)18/h2-7H,8H2,1H3,(H,20,22). The maximum Gasteiger partial charge on any atom is 0.321 e. The Balaban J connectivity index is 2.12. The molecule has 0 heterocycles. The monoisotopic (exact) mass is 376 g/mol. The van der Waals surface area contributed by atoms with Crippen molar-refractivity contribution in [1.82, 2.24) is 4.90 Å². The van der Waals surface area contributed by atoms with Crippen LogP contribution in [0.2, 0.25) is 20.1 Å². The van der Waals surface area contributed by atoms with Gasteiger partial charge in [0.25, 0.3) is 0 Å². The molecule has 0 atom stereocenters. The second-order valence-electron chi connectivity index (χ2n) is 4.62. The van der Waals surface area contributed by atoms with Crippen LogP contribution in [0.4, 0.5) is 10.5 Å². The summed E-state index contributed by atoms with van der Waals surface area (Å²) in [5.74, 6) is 0. The van der Waals surface area contributed by atoms with Gasteiger partial charge in [-0.3, -0.25) is 0 Å². The molecule has 0 spiro atoms. The molecular formula is C15H12Cl4N2O. The molecule has 0 saturated carbocycles. The smallest absolute Gasteiger partial charge is 0.321 e. The van der Waals surface area contributed by atoms with Crippen molar-refractivity contribution >= 4 is 58.1 Å². The molecule has 2 aromatic rings. The van der Waals surface area contributed by atoms with E-state index in [-0.39, 0.29) is 26.1 Å². The van der Waals surface area contributed by atoms with Crippen molar-refractivity contribution in [3.05, 3.63) is 62.1 Å². The number of amides is 2. The van der Waals surface area contributed by atoms with Crippen LogP contribution in [-0.4, -0.2) is 18.0 Å². The van der Waals surface area contributed by atoms with E-state index >= 15 is 0 Å². The molecule has 22 heavy (non-hydrogen) atoms. The summed E-state index contributed by atoms with van der Waals surface area (Å²) in [5.41, 5.74) is 1.32. The molecule has 2 aromatic carbocycles. The molecule has 0 unspecified atom stereocenters. The Morgan fingerprint density at radius 2 is 1.68 bits per heavy atom. The van der Waals surface area contributed by atoms with E-state index in [9.17, 15) is 4.79 Å². The summed E-state index contributed by atoms with van der Waals surface area (Å²) < 4.78 is 0. The van der Waals surface area contributed by atoms with Gasteiger partial charge in [-0.25, -0.2) is 4.79 Å². The number of nitrogens with one attached hydrogen (secondary N) is 1. The zero-order valence-corrected chi connectivity index (χ0v) is 14.6. The van der Waals surface area contributed by atoms with Gasteiger partial charge in [-0.05, 0) is 11.6 Å². The van der Waals surface area contributed by atoms with Crippen LogP contribution in [0.15, 0.2) is 36.4 Å². The van der Waals surface area contributed by atoms with Crippen molar-refractivity contribution in [3.63, 3.8) is 0 Å². The Morgan fingerprint density at radius 3 is 2.32 bits per heavy atom. The molecule has 1 N–H and O–H groups in total. The Kier molecular flexibility index (Phi) is 5.81. The second kappa shape index (κ2) is 7.42. The van der Waals surface area contributed by atoms with E-state index in [2.05, 4.69) is 5.32 Å². The molecule has 0 aliphatic rings. The average Bonchev–Trinajstić information content (AvgIpc) is 2.51. The minimum Gasteiger partial charge on any atom is -0.323 e. The summed E-state index contributed by atoms with van der Waals surface area (Å²) in [6, 6.07) is 10.8. The highest BCUT2D eigenvalue weighted by atomic mass is 35.5. The maximum atomic E-state index is 12.2. The number of rotatable bonds is 3. The first-order valence-corrected chi connectivity index (χ1v) is 7.80. The van der Waals surface area contributed by atoms with Crippen LogP contribution in [0.1, 0.15) is 5.56 Å². The van der Waals surface area contributed by atoms with E-state index in [0.29, 0.717) is 12.2 Å². The van der Waals surface area contributed by atoms with Gasteiger partial charge in [0.05, 0.1) is 25.8 Å². The van der Waals surface area contributed by atoms with E-state index in [1.54, 1.807) is 7.05 Å². The average molecular weight is 378 g/mol. The summed E-state index contributed by atoms with van der Waals surface area (Å²) in [7, 11) is 1.68. The van der Waals surface area contributed by atoms with E-state index in [1.165, 1.54) is 11.0 Å². The molecule has 0 bridgehead atoms. The predicted octanol–water partition coefficient (Wildman–Crippen LogP) is 5.96. The zero-order chi connectivity index (χ0) is 16.3. The number of urea groups is 1. The van der Waals surface area contributed by atoms with Crippen LogP contribution in [0.5, 0.6) is 0 Å². The van der Waals surface area contributed by atoms with E-state index in [0.717, 1.165) is 5.56 Å². The SMILES string of the molecule is CN(Cc1ccccc1)C(=O)Nc1cc(Cl)c(Cl)c(Cl)c1Cl. The molecule has 2 rings (SSSR count). The van der Waals surface area contributed by atoms with E-state index < -0.39 is 0 Å². The van der Waals surface area contributed by atoms with Crippen molar-refractivity contribution in [2.45, 2.75) is 6.54 Å². The normalized spacial score (nSPS) is 10.4. The van der Waals surface area contributed by atoms with E-state index in [1.807, 2.05) is 30.3 Å². The van der Waals surface area contributed by atoms with Gasteiger partial charge in [-0.15, -0.1) is 0 Å².